The fraction of sp³-hybridized carbons (Fsp3) is 0.200. The molecule has 0 atom stereocenters. The largest absolute Gasteiger partial charge is 0.462 e. The maximum atomic E-state index is 11.4. The van der Waals surface area contributed by atoms with Crippen molar-refractivity contribution < 1.29 is 14.3 Å². The summed E-state index contributed by atoms with van der Waals surface area (Å²) in [5, 5.41) is 2.78. The number of amides is 1. The van der Waals surface area contributed by atoms with Crippen molar-refractivity contribution in [2.75, 3.05) is 11.9 Å². The molecule has 1 N–H and O–H groups in total. The normalized spacial score (nSPS) is 9.47. The monoisotopic (exact) mass is 227 g/mol. The average molecular weight is 228 g/mol. The second-order valence-corrected chi connectivity index (χ2v) is 3.15. The molecule has 0 aromatic heterocycles. The van der Waals surface area contributed by atoms with Crippen LogP contribution in [0.4, 0.5) is 5.69 Å². The summed E-state index contributed by atoms with van der Waals surface area (Å²) in [6, 6.07) is 4.52. The van der Waals surface area contributed by atoms with Gasteiger partial charge in [-0.25, -0.2) is 4.79 Å². The van der Waals surface area contributed by atoms with Gasteiger partial charge in [-0.15, -0.1) is 0 Å². The van der Waals surface area contributed by atoms with Gasteiger partial charge >= 0.3 is 5.97 Å². The number of carbonyl (C=O) groups is 2. The number of nitrogens with one attached hydrogen (secondary N) is 1. The number of anilines is 1. The van der Waals surface area contributed by atoms with E-state index in [0.29, 0.717) is 29.3 Å². The Bertz CT molecular complexity index is 379. The summed E-state index contributed by atoms with van der Waals surface area (Å²) < 4.78 is 4.80. The van der Waals surface area contributed by atoms with E-state index in [1.807, 2.05) is 0 Å². The Morgan fingerprint density at radius 2 is 2.27 bits per heavy atom. The van der Waals surface area contributed by atoms with Gasteiger partial charge in [-0.3, -0.25) is 4.79 Å². The second-order valence-electron chi connectivity index (χ2n) is 2.71. The van der Waals surface area contributed by atoms with Crippen LogP contribution in [0.3, 0.4) is 0 Å². The zero-order valence-corrected chi connectivity index (χ0v) is 8.88. The molecule has 80 valence electrons. The minimum atomic E-state index is -0.464. The number of esters is 1. The Balaban J connectivity index is 2.97. The standard InChI is InChI=1S/C10H10ClNO3/c1-2-15-10(14)7-3-8(11)5-9(4-7)12-6-13/h3-6H,2H2,1H3,(H,12,13). The lowest BCUT2D eigenvalue weighted by Gasteiger charge is -2.05. The molecule has 0 aliphatic carbocycles. The summed E-state index contributed by atoms with van der Waals surface area (Å²) in [6.45, 7) is 2.01. The number of benzene rings is 1. The Labute approximate surface area is 92.2 Å². The molecule has 15 heavy (non-hydrogen) atoms. The van der Waals surface area contributed by atoms with Crippen LogP contribution in [-0.2, 0) is 9.53 Å². The summed E-state index contributed by atoms with van der Waals surface area (Å²) in [5.41, 5.74) is 0.772. The Kier molecular flexibility index (Phi) is 4.12. The molecule has 0 radical (unpaired) electrons. The van der Waals surface area contributed by atoms with Crippen LogP contribution < -0.4 is 5.32 Å². The van der Waals surface area contributed by atoms with Gasteiger partial charge in [-0.05, 0) is 25.1 Å². The lowest BCUT2D eigenvalue weighted by Crippen LogP contribution is -2.05. The van der Waals surface area contributed by atoms with Crippen LogP contribution in [0.2, 0.25) is 5.02 Å². The van der Waals surface area contributed by atoms with Gasteiger partial charge in [0.1, 0.15) is 0 Å². The van der Waals surface area contributed by atoms with E-state index < -0.39 is 5.97 Å². The fourth-order valence-electron chi connectivity index (χ4n) is 1.07. The van der Waals surface area contributed by atoms with Crippen molar-refractivity contribution in [1.82, 2.24) is 0 Å². The van der Waals surface area contributed by atoms with Crippen molar-refractivity contribution in [3.8, 4) is 0 Å². The predicted octanol–water partition coefficient (Wildman–Crippen LogP) is 2.08. The van der Waals surface area contributed by atoms with E-state index in [1.165, 1.54) is 12.1 Å². The van der Waals surface area contributed by atoms with Gasteiger partial charge in [0.25, 0.3) is 0 Å². The van der Waals surface area contributed by atoms with Crippen LogP contribution in [0, 0.1) is 0 Å². The quantitative estimate of drug-likeness (QED) is 0.633. The molecule has 5 heteroatoms. The Hall–Kier alpha value is -1.55. The smallest absolute Gasteiger partial charge is 0.338 e. The molecule has 4 nitrogen and oxygen atoms in total. The van der Waals surface area contributed by atoms with Crippen molar-refractivity contribution in [3.63, 3.8) is 0 Å². The lowest BCUT2D eigenvalue weighted by molar-refractivity contribution is -0.105. The van der Waals surface area contributed by atoms with Gasteiger partial charge in [0.15, 0.2) is 0 Å². The number of ether oxygens (including phenoxy) is 1. The van der Waals surface area contributed by atoms with Crippen LogP contribution in [0.1, 0.15) is 17.3 Å². The van der Waals surface area contributed by atoms with Crippen LogP contribution in [0.25, 0.3) is 0 Å². The summed E-state index contributed by atoms with van der Waals surface area (Å²) in [6.07, 6.45) is 0.514. The molecule has 0 aliphatic heterocycles. The van der Waals surface area contributed by atoms with E-state index in [-0.39, 0.29) is 0 Å². The third-order valence-electron chi connectivity index (χ3n) is 1.63. The minimum Gasteiger partial charge on any atom is -0.462 e. The highest BCUT2D eigenvalue weighted by Gasteiger charge is 2.08. The topological polar surface area (TPSA) is 55.4 Å². The molecule has 1 rings (SSSR count). The molecule has 0 aliphatic rings. The molecular formula is C10H10ClNO3. The SMILES string of the molecule is CCOC(=O)c1cc(Cl)cc(NC=O)c1. The highest BCUT2D eigenvalue weighted by Crippen LogP contribution is 2.19. The third kappa shape index (κ3) is 3.25. The maximum Gasteiger partial charge on any atom is 0.338 e. The molecule has 1 amide bonds. The minimum absolute atomic E-state index is 0.293. The van der Waals surface area contributed by atoms with Crippen LogP contribution in [0.15, 0.2) is 18.2 Å². The van der Waals surface area contributed by atoms with Crippen molar-refractivity contribution in [1.29, 1.82) is 0 Å². The molecule has 0 bridgehead atoms. The van der Waals surface area contributed by atoms with Gasteiger partial charge < -0.3 is 10.1 Å². The van der Waals surface area contributed by atoms with E-state index in [9.17, 15) is 9.59 Å². The van der Waals surface area contributed by atoms with Crippen molar-refractivity contribution in [2.24, 2.45) is 0 Å². The van der Waals surface area contributed by atoms with Gasteiger partial charge in [0.2, 0.25) is 6.41 Å². The third-order valence-corrected chi connectivity index (χ3v) is 1.85. The maximum absolute atomic E-state index is 11.4. The number of carbonyl (C=O) groups excluding carboxylic acids is 2. The highest BCUT2D eigenvalue weighted by molar-refractivity contribution is 6.31. The average Bonchev–Trinajstić information content (AvgIpc) is 2.17. The first kappa shape index (κ1) is 11.5. The number of rotatable bonds is 4. The van der Waals surface area contributed by atoms with Crippen LogP contribution in [-0.4, -0.2) is 19.0 Å². The lowest BCUT2D eigenvalue weighted by atomic mass is 10.2. The number of hydrogen-bond acceptors (Lipinski definition) is 3. The van der Waals surface area contributed by atoms with Gasteiger partial charge in [-0.2, -0.15) is 0 Å². The Morgan fingerprint density at radius 3 is 2.87 bits per heavy atom. The summed E-state index contributed by atoms with van der Waals surface area (Å²) in [7, 11) is 0. The van der Waals surface area contributed by atoms with E-state index in [2.05, 4.69) is 5.32 Å². The molecular weight excluding hydrogens is 218 g/mol. The van der Waals surface area contributed by atoms with Gasteiger partial charge in [-0.1, -0.05) is 11.6 Å². The predicted molar refractivity (Wildman–Crippen MR) is 57.1 cm³/mol. The molecule has 0 saturated heterocycles. The molecule has 0 saturated carbocycles. The van der Waals surface area contributed by atoms with Gasteiger partial charge in [0, 0.05) is 10.7 Å². The molecule has 1 aromatic carbocycles. The fourth-order valence-corrected chi connectivity index (χ4v) is 1.31. The number of hydrogen-bond donors (Lipinski definition) is 1. The van der Waals surface area contributed by atoms with E-state index in [0.717, 1.165) is 0 Å². The first-order chi connectivity index (χ1) is 7.17. The van der Waals surface area contributed by atoms with E-state index >= 15 is 0 Å². The first-order valence-corrected chi connectivity index (χ1v) is 4.73. The summed E-state index contributed by atoms with van der Waals surface area (Å²) >= 11 is 5.77. The van der Waals surface area contributed by atoms with Gasteiger partial charge in [0.05, 0.1) is 12.2 Å². The second kappa shape index (κ2) is 5.36. The molecule has 1 aromatic rings. The molecule has 0 fully saturated rings. The number of halogens is 1. The van der Waals surface area contributed by atoms with Crippen LogP contribution in [0.5, 0.6) is 0 Å². The van der Waals surface area contributed by atoms with Crippen molar-refractivity contribution >= 4 is 29.7 Å². The van der Waals surface area contributed by atoms with E-state index in [4.69, 9.17) is 16.3 Å². The Morgan fingerprint density at radius 1 is 1.53 bits per heavy atom. The molecule has 0 unspecified atom stereocenters. The van der Waals surface area contributed by atoms with Crippen molar-refractivity contribution in [3.05, 3.63) is 28.8 Å². The highest BCUT2D eigenvalue weighted by atomic mass is 35.5. The van der Waals surface area contributed by atoms with Crippen molar-refractivity contribution in [2.45, 2.75) is 6.92 Å². The summed E-state index contributed by atoms with van der Waals surface area (Å²) in [4.78, 5) is 21.6. The molecule has 0 spiro atoms. The zero-order chi connectivity index (χ0) is 11.3. The summed E-state index contributed by atoms with van der Waals surface area (Å²) in [5.74, 6) is -0.464. The zero-order valence-electron chi connectivity index (χ0n) is 8.12. The first-order valence-electron chi connectivity index (χ1n) is 4.35. The van der Waals surface area contributed by atoms with E-state index in [1.54, 1.807) is 13.0 Å². The molecule has 0 heterocycles. The van der Waals surface area contributed by atoms with Crippen LogP contribution >= 0.6 is 11.6 Å².